The summed E-state index contributed by atoms with van der Waals surface area (Å²) in [6.45, 7) is 1.71. The van der Waals surface area contributed by atoms with Gasteiger partial charge in [0.25, 0.3) is 0 Å². The molecule has 0 bridgehead atoms. The lowest BCUT2D eigenvalue weighted by atomic mass is 9.83. The Balaban J connectivity index is 0.000000233. The number of rotatable bonds is 1. The van der Waals surface area contributed by atoms with Crippen LogP contribution < -0.4 is 15.8 Å². The van der Waals surface area contributed by atoms with Crippen LogP contribution in [0.25, 0.3) is 23.3 Å². The number of hydrogen-bond acceptors (Lipinski definition) is 2. The Bertz CT molecular complexity index is 1090. The molecule has 2 nitrogen and oxygen atoms in total. The van der Waals surface area contributed by atoms with E-state index in [4.69, 9.17) is 0 Å². The molecule has 0 fully saturated rings. The minimum atomic E-state index is 0.0922. The van der Waals surface area contributed by atoms with Crippen molar-refractivity contribution in [2.24, 2.45) is 5.92 Å². The zero-order valence-electron chi connectivity index (χ0n) is 16.2. The fraction of sp³-hybridized carbons (Fsp3) is 0.192. The molecular formula is C26H25NO. The standard InChI is InChI=1S/C20H18O.C6H7N/c1-13(21)16-7-6-15-9-10-18-17-5-3-2-4-14(17)8-11-19(18)20(15)12-16;1-2-4-6-7-5-3-1/h2-5,9-12,16H,6-8H2,1H3;1-7H. The van der Waals surface area contributed by atoms with Gasteiger partial charge >= 0.3 is 0 Å². The first-order valence-corrected chi connectivity index (χ1v) is 9.91. The van der Waals surface area contributed by atoms with Crippen LogP contribution in [0.5, 0.6) is 0 Å². The van der Waals surface area contributed by atoms with Crippen LogP contribution in [0.2, 0.25) is 0 Å². The highest BCUT2D eigenvalue weighted by Gasteiger charge is 2.19. The minimum Gasteiger partial charge on any atom is -0.368 e. The van der Waals surface area contributed by atoms with E-state index >= 15 is 0 Å². The van der Waals surface area contributed by atoms with Gasteiger partial charge in [0.2, 0.25) is 0 Å². The van der Waals surface area contributed by atoms with Crippen LogP contribution in [-0.4, -0.2) is 5.78 Å². The van der Waals surface area contributed by atoms with E-state index in [0.717, 1.165) is 19.3 Å². The molecular weight excluding hydrogens is 342 g/mol. The maximum atomic E-state index is 11.7. The summed E-state index contributed by atoms with van der Waals surface area (Å²) >= 11 is 0. The summed E-state index contributed by atoms with van der Waals surface area (Å²) < 4.78 is 0. The van der Waals surface area contributed by atoms with E-state index < -0.39 is 0 Å². The molecule has 0 saturated heterocycles. The number of aryl methyl sites for hydroxylation is 1. The molecule has 2 aromatic rings. The number of fused-ring (bicyclic) bond motifs is 5. The number of Topliss-reactive ketones (excluding diaryl/α,β-unsaturated/α-hetero) is 1. The van der Waals surface area contributed by atoms with E-state index in [1.54, 1.807) is 6.92 Å². The largest absolute Gasteiger partial charge is 0.368 e. The number of hydrogen-bond donors (Lipinski definition) is 1. The topological polar surface area (TPSA) is 29.1 Å². The smallest absolute Gasteiger partial charge is 0.136 e. The van der Waals surface area contributed by atoms with Gasteiger partial charge in [0.1, 0.15) is 5.78 Å². The van der Waals surface area contributed by atoms with Crippen molar-refractivity contribution in [3.05, 3.63) is 94.7 Å². The van der Waals surface area contributed by atoms with Gasteiger partial charge in [-0.1, -0.05) is 60.7 Å². The fourth-order valence-electron chi connectivity index (χ4n) is 4.05. The van der Waals surface area contributed by atoms with E-state index in [1.807, 2.05) is 36.7 Å². The number of carbonyl (C=O) groups is 1. The molecule has 0 amide bonds. The summed E-state index contributed by atoms with van der Waals surface area (Å²) in [7, 11) is 0. The van der Waals surface area contributed by atoms with Crippen molar-refractivity contribution in [1.82, 2.24) is 5.32 Å². The second-order valence-corrected chi connectivity index (χ2v) is 7.36. The first-order valence-electron chi connectivity index (χ1n) is 9.91. The quantitative estimate of drug-likeness (QED) is 0.831. The van der Waals surface area contributed by atoms with Crippen molar-refractivity contribution in [1.29, 1.82) is 0 Å². The van der Waals surface area contributed by atoms with E-state index in [1.165, 1.54) is 32.7 Å². The number of nitrogens with one attached hydrogen (secondary N) is 1. The lowest BCUT2D eigenvalue weighted by molar-refractivity contribution is -0.119. The normalized spacial score (nSPS) is 18.0. The van der Waals surface area contributed by atoms with Gasteiger partial charge in [-0.2, -0.15) is 0 Å². The maximum absolute atomic E-state index is 11.7. The highest BCUT2D eigenvalue weighted by molar-refractivity contribution is 5.85. The third kappa shape index (κ3) is 3.77. The third-order valence-corrected chi connectivity index (χ3v) is 5.54. The van der Waals surface area contributed by atoms with Crippen molar-refractivity contribution < 1.29 is 4.79 Å². The van der Waals surface area contributed by atoms with Gasteiger partial charge in [-0.05, 0) is 71.0 Å². The molecule has 2 heteroatoms. The number of benzene rings is 2. The Morgan fingerprint density at radius 1 is 0.893 bits per heavy atom. The van der Waals surface area contributed by atoms with Gasteiger partial charge < -0.3 is 5.32 Å². The zero-order chi connectivity index (χ0) is 19.3. The summed E-state index contributed by atoms with van der Waals surface area (Å²) in [5, 5.41) is 5.55. The van der Waals surface area contributed by atoms with E-state index in [9.17, 15) is 4.79 Å². The highest BCUT2D eigenvalue weighted by atomic mass is 16.1. The van der Waals surface area contributed by atoms with Crippen LogP contribution in [0.15, 0.2) is 73.1 Å². The van der Waals surface area contributed by atoms with Crippen LogP contribution in [0.4, 0.5) is 0 Å². The summed E-state index contributed by atoms with van der Waals surface area (Å²) in [6.07, 6.45) is 19.1. The Labute approximate surface area is 166 Å². The molecule has 2 aromatic carbocycles. The summed E-state index contributed by atoms with van der Waals surface area (Å²) in [5.74, 6) is 0.379. The Morgan fingerprint density at radius 2 is 1.68 bits per heavy atom. The number of allylic oxidation sites excluding steroid dienone is 4. The van der Waals surface area contributed by atoms with Gasteiger partial charge in [-0.15, -0.1) is 0 Å². The van der Waals surface area contributed by atoms with Gasteiger partial charge in [0, 0.05) is 18.3 Å². The Morgan fingerprint density at radius 3 is 2.46 bits per heavy atom. The predicted octanol–water partition coefficient (Wildman–Crippen LogP) is 3.80. The third-order valence-electron chi connectivity index (χ3n) is 5.54. The summed E-state index contributed by atoms with van der Waals surface area (Å²) in [4.78, 5) is 11.7. The van der Waals surface area contributed by atoms with Crippen LogP contribution >= 0.6 is 0 Å². The van der Waals surface area contributed by atoms with Crippen LogP contribution in [0, 0.1) is 5.92 Å². The van der Waals surface area contributed by atoms with Gasteiger partial charge in [0.05, 0.1) is 0 Å². The molecule has 1 aliphatic heterocycles. The first-order chi connectivity index (χ1) is 13.7. The fourth-order valence-corrected chi connectivity index (χ4v) is 4.05. The van der Waals surface area contributed by atoms with E-state index in [0.29, 0.717) is 0 Å². The maximum Gasteiger partial charge on any atom is 0.136 e. The lowest BCUT2D eigenvalue weighted by Crippen LogP contribution is -2.36. The number of carbonyl (C=O) groups excluding carboxylic acids is 1. The highest BCUT2D eigenvalue weighted by Crippen LogP contribution is 2.25. The predicted molar refractivity (Wildman–Crippen MR) is 117 cm³/mol. The van der Waals surface area contributed by atoms with Gasteiger partial charge in [-0.3, -0.25) is 4.79 Å². The van der Waals surface area contributed by atoms with Crippen molar-refractivity contribution in [2.75, 3.05) is 0 Å². The Hall–Kier alpha value is -3.13. The molecule has 3 aliphatic rings. The Kier molecular flexibility index (Phi) is 5.38. The van der Waals surface area contributed by atoms with Gasteiger partial charge in [0.15, 0.2) is 0 Å². The molecule has 0 radical (unpaired) electrons. The molecule has 140 valence electrons. The first kappa shape index (κ1) is 18.2. The molecule has 2 aliphatic carbocycles. The summed E-state index contributed by atoms with van der Waals surface area (Å²) in [6, 6.07) is 13.1. The SMILES string of the molecule is C1=CC=CNC=C1.CC(=O)C1C=c2c(ccc3c2=CCc2ccccc2-3)CC1. The van der Waals surface area contributed by atoms with E-state index in [2.05, 4.69) is 53.9 Å². The van der Waals surface area contributed by atoms with Crippen molar-refractivity contribution >= 4 is 17.9 Å². The van der Waals surface area contributed by atoms with Crippen LogP contribution in [0.1, 0.15) is 24.5 Å². The average molecular weight is 367 g/mol. The minimum absolute atomic E-state index is 0.0922. The summed E-state index contributed by atoms with van der Waals surface area (Å²) in [5.41, 5.74) is 5.44. The number of ketones is 1. The molecule has 1 heterocycles. The van der Waals surface area contributed by atoms with Crippen molar-refractivity contribution in [3.63, 3.8) is 0 Å². The molecule has 28 heavy (non-hydrogen) atoms. The second kappa shape index (κ2) is 8.26. The zero-order valence-corrected chi connectivity index (χ0v) is 16.2. The van der Waals surface area contributed by atoms with Crippen molar-refractivity contribution in [3.8, 4) is 11.1 Å². The van der Waals surface area contributed by atoms with Crippen molar-refractivity contribution in [2.45, 2.75) is 26.2 Å². The molecule has 1 atom stereocenters. The van der Waals surface area contributed by atoms with Gasteiger partial charge in [-0.25, -0.2) is 0 Å². The molecule has 1 unspecified atom stereocenters. The monoisotopic (exact) mass is 367 g/mol. The molecule has 1 N–H and O–H groups in total. The average Bonchev–Trinajstić information content (AvgIpc) is 3.06. The molecule has 0 aromatic heterocycles. The lowest BCUT2D eigenvalue weighted by Gasteiger charge is -2.20. The molecule has 0 saturated carbocycles. The second-order valence-electron chi connectivity index (χ2n) is 7.36. The molecule has 0 spiro atoms. The van der Waals surface area contributed by atoms with Crippen LogP contribution in [-0.2, 0) is 17.6 Å². The van der Waals surface area contributed by atoms with E-state index in [-0.39, 0.29) is 11.7 Å². The molecule has 5 rings (SSSR count). The van der Waals surface area contributed by atoms with Crippen LogP contribution in [0.3, 0.4) is 0 Å².